The molecule has 1 aromatic carbocycles. The monoisotopic (exact) mass is 273 g/mol. The van der Waals surface area contributed by atoms with Gasteiger partial charge >= 0.3 is 0 Å². The number of nitrogens with zero attached hydrogens (tertiary/aromatic N) is 2. The minimum Gasteiger partial charge on any atom is -0.313 e. The Kier molecular flexibility index (Phi) is 6.88. The average Bonchev–Trinajstić information content (AvgIpc) is 2.68. The normalized spacial score (nSPS) is 9.29. The fraction of sp³-hybridized carbons (Fsp3) is 0.250. The molecule has 0 aliphatic heterocycles. The van der Waals surface area contributed by atoms with Gasteiger partial charge in [0.25, 0.3) is 0 Å². The van der Waals surface area contributed by atoms with Crippen molar-refractivity contribution in [3.8, 4) is 5.69 Å². The summed E-state index contributed by atoms with van der Waals surface area (Å²) in [7, 11) is 1.92. The Labute approximate surface area is 114 Å². The van der Waals surface area contributed by atoms with Gasteiger partial charge in [0.2, 0.25) is 0 Å². The number of imidazole rings is 1. The van der Waals surface area contributed by atoms with Crippen LogP contribution in [0.5, 0.6) is 0 Å². The predicted octanol–water partition coefficient (Wildman–Crippen LogP) is 2.74. The average molecular weight is 274 g/mol. The van der Waals surface area contributed by atoms with Gasteiger partial charge < -0.3 is 9.88 Å². The second-order valence-corrected chi connectivity index (χ2v) is 3.58. The maximum absolute atomic E-state index is 4.31. The van der Waals surface area contributed by atoms with Crippen molar-refractivity contribution in [2.24, 2.45) is 0 Å². The quantitative estimate of drug-likeness (QED) is 0.932. The van der Waals surface area contributed by atoms with Crippen LogP contribution in [0.25, 0.3) is 5.69 Å². The molecule has 0 spiro atoms. The van der Waals surface area contributed by atoms with E-state index in [1.807, 2.05) is 19.4 Å². The van der Waals surface area contributed by atoms with Crippen LogP contribution in [0.3, 0.4) is 0 Å². The standard InChI is InChI=1S/C12H15N3.2ClH/c1-10-3-5-11(6-4-10)15-8-7-14-12(15)9-13-2;;/h3-8,13H,9H2,1-2H3;2*1H. The van der Waals surface area contributed by atoms with Gasteiger partial charge in [0, 0.05) is 18.1 Å². The molecule has 5 heteroatoms. The first-order valence-electron chi connectivity index (χ1n) is 5.05. The molecular formula is C12H17Cl2N3. The summed E-state index contributed by atoms with van der Waals surface area (Å²) in [4.78, 5) is 4.31. The van der Waals surface area contributed by atoms with E-state index in [4.69, 9.17) is 0 Å². The van der Waals surface area contributed by atoms with E-state index in [9.17, 15) is 0 Å². The summed E-state index contributed by atoms with van der Waals surface area (Å²) in [6, 6.07) is 8.43. The van der Waals surface area contributed by atoms with E-state index >= 15 is 0 Å². The number of benzene rings is 1. The second kappa shape index (κ2) is 7.33. The summed E-state index contributed by atoms with van der Waals surface area (Å²) >= 11 is 0. The second-order valence-electron chi connectivity index (χ2n) is 3.58. The van der Waals surface area contributed by atoms with Crippen LogP contribution < -0.4 is 5.32 Å². The van der Waals surface area contributed by atoms with E-state index in [2.05, 4.69) is 46.1 Å². The summed E-state index contributed by atoms with van der Waals surface area (Å²) in [5.41, 5.74) is 2.43. The minimum absolute atomic E-state index is 0. The van der Waals surface area contributed by atoms with Crippen molar-refractivity contribution in [2.45, 2.75) is 13.5 Å². The van der Waals surface area contributed by atoms with Gasteiger partial charge in [-0.15, -0.1) is 24.8 Å². The molecule has 94 valence electrons. The molecule has 0 saturated heterocycles. The fourth-order valence-electron chi connectivity index (χ4n) is 1.56. The van der Waals surface area contributed by atoms with Crippen LogP contribution in [-0.2, 0) is 6.54 Å². The van der Waals surface area contributed by atoms with E-state index in [1.165, 1.54) is 5.56 Å². The van der Waals surface area contributed by atoms with Crippen molar-refractivity contribution in [1.29, 1.82) is 0 Å². The third-order valence-electron chi connectivity index (χ3n) is 2.36. The number of nitrogens with one attached hydrogen (secondary N) is 1. The minimum atomic E-state index is 0. The number of aryl methyl sites for hydroxylation is 1. The van der Waals surface area contributed by atoms with E-state index in [-0.39, 0.29) is 24.8 Å². The third kappa shape index (κ3) is 3.73. The van der Waals surface area contributed by atoms with Gasteiger partial charge in [0.15, 0.2) is 0 Å². The maximum Gasteiger partial charge on any atom is 0.127 e. The lowest BCUT2D eigenvalue weighted by molar-refractivity contribution is 0.742. The molecule has 0 bridgehead atoms. The molecule has 0 radical (unpaired) electrons. The number of aromatic nitrogens is 2. The fourth-order valence-corrected chi connectivity index (χ4v) is 1.56. The lowest BCUT2D eigenvalue weighted by Gasteiger charge is -2.07. The van der Waals surface area contributed by atoms with Crippen molar-refractivity contribution >= 4 is 24.8 Å². The van der Waals surface area contributed by atoms with E-state index in [0.29, 0.717) is 0 Å². The van der Waals surface area contributed by atoms with Gasteiger partial charge in [0.05, 0.1) is 6.54 Å². The third-order valence-corrected chi connectivity index (χ3v) is 2.36. The van der Waals surface area contributed by atoms with Crippen LogP contribution in [0.1, 0.15) is 11.4 Å². The molecule has 1 N–H and O–H groups in total. The molecule has 0 fully saturated rings. The summed E-state index contributed by atoms with van der Waals surface area (Å²) in [6.45, 7) is 2.87. The molecule has 17 heavy (non-hydrogen) atoms. The molecule has 0 aliphatic carbocycles. The molecule has 2 aromatic rings. The molecule has 0 unspecified atom stereocenters. The molecule has 0 atom stereocenters. The number of hydrogen-bond donors (Lipinski definition) is 1. The van der Waals surface area contributed by atoms with Crippen LogP contribution in [0, 0.1) is 6.92 Å². The Morgan fingerprint density at radius 1 is 1.18 bits per heavy atom. The van der Waals surface area contributed by atoms with E-state index < -0.39 is 0 Å². The highest BCUT2D eigenvalue weighted by Crippen LogP contribution is 2.11. The molecule has 1 aromatic heterocycles. The van der Waals surface area contributed by atoms with Gasteiger partial charge in [-0.3, -0.25) is 0 Å². The highest BCUT2D eigenvalue weighted by Gasteiger charge is 2.02. The first-order valence-corrected chi connectivity index (χ1v) is 5.05. The molecule has 0 saturated carbocycles. The van der Waals surface area contributed by atoms with Crippen molar-refractivity contribution in [2.75, 3.05) is 7.05 Å². The van der Waals surface area contributed by atoms with Crippen molar-refractivity contribution < 1.29 is 0 Å². The lowest BCUT2D eigenvalue weighted by Crippen LogP contribution is -2.10. The Bertz CT molecular complexity index is 437. The summed E-state index contributed by atoms with van der Waals surface area (Å²) < 4.78 is 2.09. The van der Waals surface area contributed by atoms with Gasteiger partial charge in [-0.05, 0) is 26.1 Å². The molecule has 1 heterocycles. The smallest absolute Gasteiger partial charge is 0.127 e. The first-order chi connectivity index (χ1) is 7.31. The van der Waals surface area contributed by atoms with Crippen LogP contribution >= 0.6 is 24.8 Å². The molecular weight excluding hydrogens is 257 g/mol. The maximum atomic E-state index is 4.31. The Morgan fingerprint density at radius 2 is 1.82 bits per heavy atom. The van der Waals surface area contributed by atoms with Crippen LogP contribution in [0.4, 0.5) is 0 Å². The Balaban J connectivity index is 0.00000128. The predicted molar refractivity (Wildman–Crippen MR) is 75.6 cm³/mol. The van der Waals surface area contributed by atoms with Gasteiger partial charge in [-0.1, -0.05) is 17.7 Å². The molecule has 0 amide bonds. The first kappa shape index (κ1) is 16.0. The summed E-state index contributed by atoms with van der Waals surface area (Å²) in [6.07, 6.45) is 3.81. The number of hydrogen-bond acceptors (Lipinski definition) is 2. The highest BCUT2D eigenvalue weighted by atomic mass is 35.5. The Hall–Kier alpha value is -1.03. The van der Waals surface area contributed by atoms with Crippen molar-refractivity contribution in [3.63, 3.8) is 0 Å². The molecule has 0 aliphatic rings. The Morgan fingerprint density at radius 3 is 2.41 bits per heavy atom. The van der Waals surface area contributed by atoms with Gasteiger partial charge in [0.1, 0.15) is 5.82 Å². The van der Waals surface area contributed by atoms with Gasteiger partial charge in [-0.25, -0.2) is 4.98 Å². The largest absolute Gasteiger partial charge is 0.313 e. The zero-order chi connectivity index (χ0) is 10.7. The zero-order valence-corrected chi connectivity index (χ0v) is 11.5. The summed E-state index contributed by atoms with van der Waals surface area (Å²) in [5, 5.41) is 3.11. The van der Waals surface area contributed by atoms with E-state index in [0.717, 1.165) is 18.1 Å². The van der Waals surface area contributed by atoms with Gasteiger partial charge in [-0.2, -0.15) is 0 Å². The summed E-state index contributed by atoms with van der Waals surface area (Å²) in [5.74, 6) is 1.03. The van der Waals surface area contributed by atoms with Crippen molar-refractivity contribution in [3.05, 3.63) is 48.0 Å². The van der Waals surface area contributed by atoms with Crippen LogP contribution in [0.15, 0.2) is 36.7 Å². The lowest BCUT2D eigenvalue weighted by atomic mass is 10.2. The zero-order valence-electron chi connectivity index (χ0n) is 9.88. The van der Waals surface area contributed by atoms with Crippen LogP contribution in [0.2, 0.25) is 0 Å². The molecule has 3 nitrogen and oxygen atoms in total. The van der Waals surface area contributed by atoms with Crippen molar-refractivity contribution in [1.82, 2.24) is 14.9 Å². The topological polar surface area (TPSA) is 29.9 Å². The highest BCUT2D eigenvalue weighted by molar-refractivity contribution is 5.85. The SMILES string of the molecule is CNCc1nccn1-c1ccc(C)cc1.Cl.Cl. The van der Waals surface area contributed by atoms with Crippen LogP contribution in [-0.4, -0.2) is 16.6 Å². The molecule has 2 rings (SSSR count). The number of halogens is 2. The number of rotatable bonds is 3. The van der Waals surface area contributed by atoms with E-state index in [1.54, 1.807) is 0 Å².